The van der Waals surface area contributed by atoms with Gasteiger partial charge in [0.15, 0.2) is 0 Å². The number of hydrogen-bond donors (Lipinski definition) is 1. The Labute approximate surface area is 113 Å². The second-order valence-electron chi connectivity index (χ2n) is 4.08. The quantitative estimate of drug-likeness (QED) is 0.864. The largest absolute Gasteiger partial charge is 0.497 e. The van der Waals surface area contributed by atoms with Crippen molar-refractivity contribution in [3.63, 3.8) is 0 Å². The first-order chi connectivity index (χ1) is 9.31. The molecule has 0 aliphatic carbocycles. The number of nitrogens with zero attached hydrogens (tertiary/aromatic N) is 1. The summed E-state index contributed by atoms with van der Waals surface area (Å²) in [6, 6.07) is 9.76. The average molecular weight is 258 g/mol. The molecule has 4 nitrogen and oxygen atoms in total. The minimum atomic E-state index is 0.515. The molecule has 1 heterocycles. The lowest BCUT2D eigenvalue weighted by molar-refractivity contribution is 0.305. The molecule has 2 aromatic rings. The van der Waals surface area contributed by atoms with Gasteiger partial charge in [0, 0.05) is 12.6 Å². The van der Waals surface area contributed by atoms with Crippen molar-refractivity contribution in [2.24, 2.45) is 0 Å². The van der Waals surface area contributed by atoms with Gasteiger partial charge in [0.1, 0.15) is 18.1 Å². The van der Waals surface area contributed by atoms with Crippen LogP contribution >= 0.6 is 0 Å². The number of aromatic nitrogens is 1. The Kier molecular flexibility index (Phi) is 4.61. The Morgan fingerprint density at radius 3 is 2.58 bits per heavy atom. The van der Waals surface area contributed by atoms with E-state index in [1.165, 1.54) is 0 Å². The molecule has 0 aliphatic rings. The van der Waals surface area contributed by atoms with Crippen molar-refractivity contribution in [1.82, 2.24) is 4.98 Å². The van der Waals surface area contributed by atoms with E-state index in [1.807, 2.05) is 37.3 Å². The van der Waals surface area contributed by atoms with Gasteiger partial charge >= 0.3 is 0 Å². The Morgan fingerprint density at radius 1 is 1.11 bits per heavy atom. The number of methoxy groups -OCH3 is 1. The maximum Gasteiger partial charge on any atom is 0.140 e. The summed E-state index contributed by atoms with van der Waals surface area (Å²) in [6.45, 7) is 3.43. The zero-order chi connectivity index (χ0) is 13.5. The molecule has 2 rings (SSSR count). The zero-order valence-corrected chi connectivity index (χ0v) is 11.2. The molecule has 0 fully saturated rings. The van der Waals surface area contributed by atoms with Crippen molar-refractivity contribution < 1.29 is 9.47 Å². The number of anilines is 1. The summed E-state index contributed by atoms with van der Waals surface area (Å²) < 4.78 is 10.8. The normalized spacial score (nSPS) is 10.0. The third-order valence-electron chi connectivity index (χ3n) is 2.66. The monoisotopic (exact) mass is 258 g/mol. The van der Waals surface area contributed by atoms with Crippen molar-refractivity contribution in [3.05, 3.63) is 48.3 Å². The third-order valence-corrected chi connectivity index (χ3v) is 2.66. The van der Waals surface area contributed by atoms with E-state index in [9.17, 15) is 0 Å². The summed E-state index contributed by atoms with van der Waals surface area (Å²) in [6.07, 6.45) is 3.49. The van der Waals surface area contributed by atoms with Gasteiger partial charge in [-0.3, -0.25) is 4.98 Å². The third kappa shape index (κ3) is 3.88. The topological polar surface area (TPSA) is 43.4 Å². The summed E-state index contributed by atoms with van der Waals surface area (Å²) >= 11 is 0. The minimum Gasteiger partial charge on any atom is -0.497 e. The van der Waals surface area contributed by atoms with Crippen LogP contribution in [0.1, 0.15) is 12.5 Å². The van der Waals surface area contributed by atoms with Gasteiger partial charge in [-0.15, -0.1) is 0 Å². The van der Waals surface area contributed by atoms with Crippen LogP contribution in [-0.4, -0.2) is 18.6 Å². The molecule has 19 heavy (non-hydrogen) atoms. The highest BCUT2D eigenvalue weighted by atomic mass is 16.5. The van der Waals surface area contributed by atoms with Crippen molar-refractivity contribution in [3.8, 4) is 11.5 Å². The fourth-order valence-electron chi connectivity index (χ4n) is 1.69. The SMILES string of the molecule is CCNc1cncc(OCc2ccc(OC)cc2)c1. The Bertz CT molecular complexity index is 512. The molecule has 100 valence electrons. The first-order valence-corrected chi connectivity index (χ1v) is 6.26. The molecule has 0 spiro atoms. The van der Waals surface area contributed by atoms with Crippen LogP contribution in [0.4, 0.5) is 5.69 Å². The van der Waals surface area contributed by atoms with E-state index < -0.39 is 0 Å². The van der Waals surface area contributed by atoms with Gasteiger partial charge in [-0.05, 0) is 24.6 Å². The van der Waals surface area contributed by atoms with Gasteiger partial charge in [0.05, 0.1) is 25.2 Å². The minimum absolute atomic E-state index is 0.515. The first-order valence-electron chi connectivity index (χ1n) is 6.26. The molecule has 4 heteroatoms. The Balaban J connectivity index is 1.95. The van der Waals surface area contributed by atoms with E-state index >= 15 is 0 Å². The van der Waals surface area contributed by atoms with E-state index in [2.05, 4.69) is 10.3 Å². The second kappa shape index (κ2) is 6.64. The van der Waals surface area contributed by atoms with Crippen LogP contribution in [0.2, 0.25) is 0 Å². The Morgan fingerprint density at radius 2 is 1.89 bits per heavy atom. The van der Waals surface area contributed by atoms with Gasteiger partial charge in [0.2, 0.25) is 0 Å². The molecule has 0 bridgehead atoms. The van der Waals surface area contributed by atoms with Gasteiger partial charge < -0.3 is 14.8 Å². The van der Waals surface area contributed by atoms with E-state index in [4.69, 9.17) is 9.47 Å². The molecule has 0 unspecified atom stereocenters. The summed E-state index contributed by atoms with van der Waals surface area (Å²) in [4.78, 5) is 4.14. The molecule has 1 aromatic carbocycles. The van der Waals surface area contributed by atoms with Gasteiger partial charge in [-0.2, -0.15) is 0 Å². The maximum absolute atomic E-state index is 5.71. The fraction of sp³-hybridized carbons (Fsp3) is 0.267. The lowest BCUT2D eigenvalue weighted by Crippen LogP contribution is -1.99. The van der Waals surface area contributed by atoms with Gasteiger partial charge in [0.25, 0.3) is 0 Å². The van der Waals surface area contributed by atoms with Crippen molar-refractivity contribution in [2.75, 3.05) is 19.0 Å². The lowest BCUT2D eigenvalue weighted by atomic mass is 10.2. The van der Waals surface area contributed by atoms with Crippen LogP contribution in [0, 0.1) is 0 Å². The zero-order valence-electron chi connectivity index (χ0n) is 11.2. The summed E-state index contributed by atoms with van der Waals surface area (Å²) in [5.74, 6) is 1.61. The molecule has 1 N–H and O–H groups in total. The van der Waals surface area contributed by atoms with Crippen molar-refractivity contribution >= 4 is 5.69 Å². The highest BCUT2D eigenvalue weighted by Crippen LogP contribution is 2.17. The van der Waals surface area contributed by atoms with Gasteiger partial charge in [-0.25, -0.2) is 0 Å². The molecule has 0 radical (unpaired) electrons. The standard InChI is InChI=1S/C15H18N2O2/c1-3-17-13-8-15(10-16-9-13)19-11-12-4-6-14(18-2)7-5-12/h4-10,17H,3,11H2,1-2H3. The van der Waals surface area contributed by atoms with E-state index in [0.29, 0.717) is 6.61 Å². The smallest absolute Gasteiger partial charge is 0.140 e. The van der Waals surface area contributed by atoms with Crippen LogP contribution in [0.25, 0.3) is 0 Å². The number of pyridine rings is 1. The maximum atomic E-state index is 5.71. The number of nitrogens with one attached hydrogen (secondary N) is 1. The van der Waals surface area contributed by atoms with Crippen LogP contribution < -0.4 is 14.8 Å². The predicted molar refractivity (Wildman–Crippen MR) is 75.7 cm³/mol. The van der Waals surface area contributed by atoms with Crippen molar-refractivity contribution in [2.45, 2.75) is 13.5 Å². The van der Waals surface area contributed by atoms with Gasteiger partial charge in [-0.1, -0.05) is 12.1 Å². The Hall–Kier alpha value is -2.23. The molecular weight excluding hydrogens is 240 g/mol. The van der Waals surface area contributed by atoms with Crippen LogP contribution in [0.3, 0.4) is 0 Å². The lowest BCUT2D eigenvalue weighted by Gasteiger charge is -2.08. The molecule has 0 amide bonds. The summed E-state index contributed by atoms with van der Waals surface area (Å²) in [5, 5.41) is 3.20. The molecule has 0 saturated carbocycles. The first kappa shape index (κ1) is 13.2. The van der Waals surface area contributed by atoms with Crippen LogP contribution in [0.15, 0.2) is 42.7 Å². The highest BCUT2D eigenvalue weighted by Gasteiger charge is 1.99. The summed E-state index contributed by atoms with van der Waals surface area (Å²) in [7, 11) is 1.66. The molecular formula is C15H18N2O2. The highest BCUT2D eigenvalue weighted by molar-refractivity contribution is 5.45. The number of rotatable bonds is 6. The average Bonchev–Trinajstić information content (AvgIpc) is 2.46. The molecule has 0 saturated heterocycles. The molecule has 0 aliphatic heterocycles. The molecule has 1 aromatic heterocycles. The molecule has 0 atom stereocenters. The van der Waals surface area contributed by atoms with E-state index in [0.717, 1.165) is 29.3 Å². The second-order valence-corrected chi connectivity index (χ2v) is 4.08. The van der Waals surface area contributed by atoms with E-state index in [1.54, 1.807) is 19.5 Å². The van der Waals surface area contributed by atoms with E-state index in [-0.39, 0.29) is 0 Å². The number of benzene rings is 1. The fourth-order valence-corrected chi connectivity index (χ4v) is 1.69. The number of ether oxygens (including phenoxy) is 2. The van der Waals surface area contributed by atoms with Crippen LogP contribution in [0.5, 0.6) is 11.5 Å². The summed E-state index contributed by atoms with van der Waals surface area (Å²) in [5.41, 5.74) is 2.06. The number of hydrogen-bond acceptors (Lipinski definition) is 4. The van der Waals surface area contributed by atoms with Crippen LogP contribution in [-0.2, 0) is 6.61 Å². The predicted octanol–water partition coefficient (Wildman–Crippen LogP) is 3.10. The van der Waals surface area contributed by atoms with Crippen molar-refractivity contribution in [1.29, 1.82) is 0 Å².